The van der Waals surface area contributed by atoms with E-state index in [1.54, 1.807) is 5.82 Å². The molecule has 0 saturated carbocycles. The fraction of sp³-hybridized carbons (Fsp3) is 0.932. The van der Waals surface area contributed by atoms with E-state index >= 15 is 0 Å². The van der Waals surface area contributed by atoms with Crippen LogP contribution in [-0.2, 0) is 19.5 Å². The molecule has 46 heavy (non-hydrogen) atoms. The van der Waals surface area contributed by atoms with Gasteiger partial charge >= 0.3 is 0 Å². The van der Waals surface area contributed by atoms with Gasteiger partial charge in [0.2, 0.25) is 0 Å². The van der Waals surface area contributed by atoms with Crippen molar-refractivity contribution >= 4 is 0 Å². The Morgan fingerprint density at radius 2 is 0.674 bits per heavy atom. The molecule has 1 heterocycles. The van der Waals surface area contributed by atoms with Crippen molar-refractivity contribution in [3.63, 3.8) is 0 Å². The Bertz CT molecular complexity index is 707. The van der Waals surface area contributed by atoms with E-state index in [0.29, 0.717) is 0 Å². The summed E-state index contributed by atoms with van der Waals surface area (Å²) in [7, 11) is 0. The summed E-state index contributed by atoms with van der Waals surface area (Å²) >= 11 is 0. The minimum absolute atomic E-state index is 1.23. The molecule has 0 N–H and O–H groups in total. The van der Waals surface area contributed by atoms with Gasteiger partial charge in [-0.05, 0) is 32.1 Å². The molecule has 0 aliphatic rings. The lowest BCUT2D eigenvalue weighted by Crippen LogP contribution is -2.37. The van der Waals surface area contributed by atoms with Crippen molar-refractivity contribution < 1.29 is 4.57 Å². The van der Waals surface area contributed by atoms with Crippen LogP contribution in [0, 0.1) is 0 Å². The van der Waals surface area contributed by atoms with E-state index in [1.165, 1.54) is 244 Å². The van der Waals surface area contributed by atoms with Gasteiger partial charge < -0.3 is 0 Å². The first-order valence-corrected chi connectivity index (χ1v) is 21.9. The van der Waals surface area contributed by atoms with Crippen LogP contribution in [0.3, 0.4) is 0 Å². The maximum atomic E-state index is 2.64. The van der Waals surface area contributed by atoms with E-state index in [4.69, 9.17) is 0 Å². The highest BCUT2D eigenvalue weighted by Crippen LogP contribution is 2.16. The molecule has 0 saturated heterocycles. The molecular formula is C44H87N2+. The number of aromatic nitrogens is 2. The molecule has 2 nitrogen and oxygen atoms in total. The predicted octanol–water partition coefficient (Wildman–Crippen LogP) is 15.0. The minimum Gasteiger partial charge on any atom is -0.234 e. The Morgan fingerprint density at radius 3 is 1.04 bits per heavy atom. The summed E-state index contributed by atoms with van der Waals surface area (Å²) in [6.07, 6.45) is 56.4. The van der Waals surface area contributed by atoms with Crippen molar-refractivity contribution in [1.82, 2.24) is 4.57 Å². The van der Waals surface area contributed by atoms with Gasteiger partial charge in [-0.25, -0.2) is 9.13 Å². The van der Waals surface area contributed by atoms with Crippen molar-refractivity contribution in [3.8, 4) is 0 Å². The van der Waals surface area contributed by atoms with E-state index < -0.39 is 0 Å². The second-order valence-corrected chi connectivity index (χ2v) is 15.2. The Hall–Kier alpha value is -0.790. The summed E-state index contributed by atoms with van der Waals surface area (Å²) < 4.78 is 5.28. The molecule has 272 valence electrons. The summed E-state index contributed by atoms with van der Waals surface area (Å²) in [4.78, 5) is 0. The van der Waals surface area contributed by atoms with Gasteiger partial charge in [-0.15, -0.1) is 0 Å². The zero-order valence-electron chi connectivity index (χ0n) is 32.4. The van der Waals surface area contributed by atoms with Crippen LogP contribution >= 0.6 is 0 Å². The van der Waals surface area contributed by atoms with Gasteiger partial charge in [-0.2, -0.15) is 0 Å². The first-order valence-electron chi connectivity index (χ1n) is 21.9. The van der Waals surface area contributed by atoms with E-state index in [-0.39, 0.29) is 0 Å². The standard InChI is InChI=1S/C44H87N2/c1-4-7-10-13-16-18-20-21-22-23-24-25-27-29-32-35-38-41-46-43-42-45(44(46)39-36-33-30-15-12-9-6-3)40-37-34-31-28-26-19-17-14-11-8-5-2/h42-43H,4-41H2,1-3H3/q+1. The van der Waals surface area contributed by atoms with Gasteiger partial charge in [-0.3, -0.25) is 0 Å². The molecule has 1 aromatic heterocycles. The minimum atomic E-state index is 1.23. The second kappa shape index (κ2) is 35.5. The average molecular weight is 644 g/mol. The highest BCUT2D eigenvalue weighted by molar-refractivity contribution is 4.84. The monoisotopic (exact) mass is 644 g/mol. The van der Waals surface area contributed by atoms with Gasteiger partial charge in [0.05, 0.1) is 13.1 Å². The number of imidazole rings is 1. The molecule has 0 fully saturated rings. The molecule has 0 bridgehead atoms. The van der Waals surface area contributed by atoms with E-state index in [2.05, 4.69) is 42.3 Å². The highest BCUT2D eigenvalue weighted by atomic mass is 15.1. The van der Waals surface area contributed by atoms with Gasteiger partial charge in [0.15, 0.2) is 0 Å². The molecular weight excluding hydrogens is 556 g/mol. The first kappa shape index (κ1) is 43.2. The normalized spacial score (nSPS) is 11.6. The average Bonchev–Trinajstić information content (AvgIpc) is 3.45. The zero-order chi connectivity index (χ0) is 33.0. The molecule has 0 unspecified atom stereocenters. The Labute approximate surface area is 291 Å². The van der Waals surface area contributed by atoms with Crippen LogP contribution in [0.1, 0.15) is 251 Å². The SMILES string of the molecule is CCCCCCCCCCCCCCCCCCC[n+]1ccn(CCCCCCCCCCCCC)c1CCCCCCCCC. The molecule has 0 atom stereocenters. The number of unbranched alkanes of at least 4 members (excludes halogenated alkanes) is 32. The van der Waals surface area contributed by atoms with Crippen LogP contribution < -0.4 is 4.57 Å². The van der Waals surface area contributed by atoms with Gasteiger partial charge in [-0.1, -0.05) is 213 Å². The number of aryl methyl sites for hydroxylation is 2. The van der Waals surface area contributed by atoms with Crippen molar-refractivity contribution in [2.24, 2.45) is 0 Å². The van der Waals surface area contributed by atoms with E-state index in [0.717, 1.165) is 0 Å². The topological polar surface area (TPSA) is 8.81 Å². The molecule has 0 radical (unpaired) electrons. The Balaban J connectivity index is 2.19. The van der Waals surface area contributed by atoms with Gasteiger partial charge in [0, 0.05) is 6.42 Å². The molecule has 0 aliphatic carbocycles. The van der Waals surface area contributed by atoms with Crippen molar-refractivity contribution in [2.75, 3.05) is 0 Å². The van der Waals surface area contributed by atoms with Crippen LogP contribution in [0.5, 0.6) is 0 Å². The van der Waals surface area contributed by atoms with Crippen LogP contribution in [0.2, 0.25) is 0 Å². The molecule has 2 heteroatoms. The summed E-state index contributed by atoms with van der Waals surface area (Å²) in [5.41, 5.74) is 0. The molecule has 0 aliphatic heterocycles. The molecule has 1 rings (SSSR count). The summed E-state index contributed by atoms with van der Waals surface area (Å²) in [5, 5.41) is 0. The fourth-order valence-corrected chi connectivity index (χ4v) is 7.39. The Kier molecular flexibility index (Phi) is 33.4. The Morgan fingerprint density at radius 1 is 0.370 bits per heavy atom. The van der Waals surface area contributed by atoms with Crippen LogP contribution in [-0.4, -0.2) is 4.57 Å². The number of hydrogen-bond donors (Lipinski definition) is 0. The molecule has 0 amide bonds. The van der Waals surface area contributed by atoms with Crippen LogP contribution in [0.4, 0.5) is 0 Å². The van der Waals surface area contributed by atoms with Gasteiger partial charge in [0.25, 0.3) is 5.82 Å². The first-order chi connectivity index (χ1) is 22.8. The van der Waals surface area contributed by atoms with Gasteiger partial charge in [0.1, 0.15) is 12.4 Å². The smallest absolute Gasteiger partial charge is 0.234 e. The molecule has 0 spiro atoms. The quantitative estimate of drug-likeness (QED) is 0.0501. The van der Waals surface area contributed by atoms with E-state index in [9.17, 15) is 0 Å². The van der Waals surface area contributed by atoms with Crippen molar-refractivity contribution in [1.29, 1.82) is 0 Å². The van der Waals surface area contributed by atoms with Crippen molar-refractivity contribution in [2.45, 2.75) is 265 Å². The summed E-state index contributed by atoms with van der Waals surface area (Å²) in [6.45, 7) is 9.41. The zero-order valence-corrected chi connectivity index (χ0v) is 32.4. The third-order valence-corrected chi connectivity index (χ3v) is 10.6. The lowest BCUT2D eigenvalue weighted by Gasteiger charge is -2.07. The fourth-order valence-electron chi connectivity index (χ4n) is 7.39. The predicted molar refractivity (Wildman–Crippen MR) is 207 cm³/mol. The van der Waals surface area contributed by atoms with Crippen LogP contribution in [0.15, 0.2) is 12.4 Å². The number of hydrogen-bond acceptors (Lipinski definition) is 0. The second-order valence-electron chi connectivity index (χ2n) is 15.2. The summed E-state index contributed by atoms with van der Waals surface area (Å²) in [5.74, 6) is 1.62. The third-order valence-electron chi connectivity index (χ3n) is 10.6. The van der Waals surface area contributed by atoms with E-state index in [1.807, 2.05) is 0 Å². The molecule has 1 aromatic rings. The number of rotatable bonds is 38. The largest absolute Gasteiger partial charge is 0.256 e. The van der Waals surface area contributed by atoms with Crippen molar-refractivity contribution in [3.05, 3.63) is 18.2 Å². The maximum Gasteiger partial charge on any atom is 0.256 e. The maximum absolute atomic E-state index is 2.64. The lowest BCUT2D eigenvalue weighted by atomic mass is 10.0. The lowest BCUT2D eigenvalue weighted by molar-refractivity contribution is -0.704. The summed E-state index contributed by atoms with van der Waals surface area (Å²) in [6, 6.07) is 0. The van der Waals surface area contributed by atoms with Crippen LogP contribution in [0.25, 0.3) is 0 Å². The third kappa shape index (κ3) is 27.2. The highest BCUT2D eigenvalue weighted by Gasteiger charge is 2.16. The number of nitrogens with zero attached hydrogens (tertiary/aromatic N) is 2. The molecule has 0 aromatic carbocycles.